The van der Waals surface area contributed by atoms with Crippen molar-refractivity contribution >= 4 is 11.8 Å². The summed E-state index contributed by atoms with van der Waals surface area (Å²) in [5.74, 6) is -2.72. The highest BCUT2D eigenvalue weighted by molar-refractivity contribution is 5.98. The number of fused-ring (bicyclic) bond motifs is 1. The highest BCUT2D eigenvalue weighted by Crippen LogP contribution is 2.50. The zero-order chi connectivity index (χ0) is 24.6. The van der Waals surface area contributed by atoms with Gasteiger partial charge >= 0.3 is 5.97 Å². The number of aryl methyl sites for hydroxylation is 1. The van der Waals surface area contributed by atoms with Crippen LogP contribution in [0.5, 0.6) is 17.2 Å². The number of ketones is 1. The Balaban J connectivity index is 1.98. The van der Waals surface area contributed by atoms with Crippen LogP contribution >= 0.6 is 0 Å². The number of pyridine rings is 2. The molecule has 1 aliphatic heterocycles. The molecule has 0 spiro atoms. The maximum absolute atomic E-state index is 12.5. The second-order valence-electron chi connectivity index (χ2n) is 8.12. The number of methoxy groups -OCH3 is 1. The summed E-state index contributed by atoms with van der Waals surface area (Å²) in [5.41, 5.74) is 2.17. The Kier molecular flexibility index (Phi) is 6.21. The summed E-state index contributed by atoms with van der Waals surface area (Å²) in [4.78, 5) is 32.9. The Morgan fingerprint density at radius 3 is 2.53 bits per heavy atom. The van der Waals surface area contributed by atoms with E-state index in [9.17, 15) is 24.9 Å². The Bertz CT molecular complexity index is 1270. The molecule has 0 bridgehead atoms. The van der Waals surface area contributed by atoms with E-state index in [1.165, 1.54) is 32.5 Å². The number of ether oxygens (including phenoxy) is 2. The van der Waals surface area contributed by atoms with Gasteiger partial charge in [0, 0.05) is 46.8 Å². The first-order chi connectivity index (χ1) is 16.2. The summed E-state index contributed by atoms with van der Waals surface area (Å²) in [6.07, 6.45) is 3.51. The second kappa shape index (κ2) is 9.11. The fourth-order valence-corrected chi connectivity index (χ4v) is 4.30. The van der Waals surface area contributed by atoms with Gasteiger partial charge in [0.2, 0.25) is 0 Å². The van der Waals surface area contributed by atoms with Crippen molar-refractivity contribution in [1.29, 1.82) is 0 Å². The van der Waals surface area contributed by atoms with Crippen LogP contribution in [0.15, 0.2) is 36.8 Å². The summed E-state index contributed by atoms with van der Waals surface area (Å²) in [6, 6.07) is 4.65. The highest BCUT2D eigenvalue weighted by Gasteiger charge is 2.36. The molecule has 0 fully saturated rings. The van der Waals surface area contributed by atoms with Gasteiger partial charge in [-0.05, 0) is 37.6 Å². The van der Waals surface area contributed by atoms with E-state index < -0.39 is 29.5 Å². The van der Waals surface area contributed by atoms with Crippen molar-refractivity contribution in [3.05, 3.63) is 75.9 Å². The zero-order valence-corrected chi connectivity index (χ0v) is 18.9. The van der Waals surface area contributed by atoms with Crippen LogP contribution in [0.3, 0.4) is 0 Å². The Morgan fingerprint density at radius 1 is 1.18 bits per heavy atom. The van der Waals surface area contributed by atoms with Crippen molar-refractivity contribution in [3.8, 4) is 17.2 Å². The van der Waals surface area contributed by atoms with Gasteiger partial charge in [-0.3, -0.25) is 19.6 Å². The zero-order valence-electron chi connectivity index (χ0n) is 18.9. The van der Waals surface area contributed by atoms with Crippen LogP contribution in [0.4, 0.5) is 0 Å². The molecule has 9 nitrogen and oxygen atoms in total. The molecule has 3 heterocycles. The quantitative estimate of drug-likeness (QED) is 0.370. The van der Waals surface area contributed by atoms with E-state index in [2.05, 4.69) is 9.97 Å². The number of phenolic OH excluding ortho intramolecular Hbond substituents is 2. The van der Waals surface area contributed by atoms with Crippen LogP contribution in [-0.4, -0.2) is 44.1 Å². The summed E-state index contributed by atoms with van der Waals surface area (Å²) in [6.45, 7) is 3.07. The minimum Gasteiger partial charge on any atom is -0.507 e. The highest BCUT2D eigenvalue weighted by atomic mass is 16.5. The predicted molar refractivity (Wildman–Crippen MR) is 120 cm³/mol. The second-order valence-corrected chi connectivity index (χ2v) is 8.12. The van der Waals surface area contributed by atoms with Gasteiger partial charge in [0.05, 0.1) is 31.4 Å². The minimum absolute atomic E-state index is 0.0124. The number of Topliss-reactive ketones (excluding diaryl/α,β-unsaturated/α-hetero) is 1. The van der Waals surface area contributed by atoms with Gasteiger partial charge in [0.1, 0.15) is 23.4 Å². The Hall–Kier alpha value is -3.98. The molecule has 0 saturated carbocycles. The molecule has 9 heteroatoms. The summed E-state index contributed by atoms with van der Waals surface area (Å²) in [7, 11) is 1.24. The van der Waals surface area contributed by atoms with E-state index >= 15 is 0 Å². The molecular weight excluding hydrogens is 440 g/mol. The van der Waals surface area contributed by atoms with Crippen LogP contribution in [0, 0.1) is 6.92 Å². The van der Waals surface area contributed by atoms with Gasteiger partial charge in [0.25, 0.3) is 0 Å². The maximum Gasteiger partial charge on any atom is 0.306 e. The normalized spacial score (nSPS) is 15.6. The fourth-order valence-electron chi connectivity index (χ4n) is 4.30. The molecule has 2 aromatic heterocycles. The van der Waals surface area contributed by atoms with Crippen LogP contribution in [0.2, 0.25) is 0 Å². The smallest absolute Gasteiger partial charge is 0.306 e. The lowest BCUT2D eigenvalue weighted by Crippen LogP contribution is -2.13. The first-order valence-corrected chi connectivity index (χ1v) is 10.6. The third-order valence-corrected chi connectivity index (χ3v) is 6.08. The van der Waals surface area contributed by atoms with Crippen molar-refractivity contribution in [3.63, 3.8) is 0 Å². The molecule has 0 radical (unpaired) electrons. The van der Waals surface area contributed by atoms with E-state index in [-0.39, 0.29) is 41.2 Å². The van der Waals surface area contributed by atoms with E-state index in [0.29, 0.717) is 22.4 Å². The van der Waals surface area contributed by atoms with Gasteiger partial charge in [-0.2, -0.15) is 0 Å². The number of hydrogen-bond donors (Lipinski definition) is 3. The van der Waals surface area contributed by atoms with E-state index in [0.717, 1.165) is 0 Å². The van der Waals surface area contributed by atoms with Gasteiger partial charge in [0.15, 0.2) is 5.78 Å². The summed E-state index contributed by atoms with van der Waals surface area (Å²) < 4.78 is 10.7. The van der Waals surface area contributed by atoms with Crippen LogP contribution in [-0.2, 0) is 20.9 Å². The third kappa shape index (κ3) is 3.94. The molecule has 0 unspecified atom stereocenters. The number of esters is 1. The maximum atomic E-state index is 12.5. The molecule has 3 N–H and O–H groups in total. The number of carbonyl (C=O) groups excluding carboxylic acids is 2. The number of aromatic hydroxyl groups is 3. The first kappa shape index (κ1) is 23.2. The Morgan fingerprint density at radius 2 is 1.88 bits per heavy atom. The number of phenols is 2. The van der Waals surface area contributed by atoms with Gasteiger partial charge in [-0.1, -0.05) is 0 Å². The molecular formula is C25H24N2O7. The number of carbonyl (C=O) groups is 2. The first-order valence-electron chi connectivity index (χ1n) is 10.6. The van der Waals surface area contributed by atoms with Crippen molar-refractivity contribution < 1.29 is 34.4 Å². The van der Waals surface area contributed by atoms with Gasteiger partial charge in [-0.15, -0.1) is 0 Å². The number of aromatic nitrogens is 2. The van der Waals surface area contributed by atoms with Gasteiger partial charge in [-0.25, -0.2) is 0 Å². The van der Waals surface area contributed by atoms with Crippen molar-refractivity contribution in [2.75, 3.05) is 7.11 Å². The number of benzene rings is 1. The molecule has 0 saturated heterocycles. The monoisotopic (exact) mass is 464 g/mol. The largest absolute Gasteiger partial charge is 0.507 e. The average molecular weight is 464 g/mol. The lowest BCUT2D eigenvalue weighted by molar-refractivity contribution is -0.140. The van der Waals surface area contributed by atoms with Gasteiger partial charge < -0.3 is 24.8 Å². The fraction of sp³-hybridized carbons (Fsp3) is 0.280. The van der Waals surface area contributed by atoms with Crippen molar-refractivity contribution in [2.24, 2.45) is 0 Å². The molecule has 0 amide bonds. The molecule has 1 aliphatic rings. The minimum atomic E-state index is -0.912. The lowest BCUT2D eigenvalue weighted by atomic mass is 9.83. The molecule has 0 aliphatic carbocycles. The summed E-state index contributed by atoms with van der Waals surface area (Å²) >= 11 is 0. The average Bonchev–Trinajstić information content (AvgIpc) is 3.25. The standard InChI is InChI=1S/C25H24N2O7/c1-12-22(30)20-15(10-27-12)11-34-25(20)18-8-16(13(2)28)23(31)21(24(18)32)17(9-19(29)33-3)14-4-6-26-7-5-14/h4-8,10,17,25,30-32H,9,11H2,1-3H3/t17-,25-/m1/s1. The summed E-state index contributed by atoms with van der Waals surface area (Å²) in [5, 5.41) is 33.2. The van der Waals surface area contributed by atoms with Crippen LogP contribution in [0.1, 0.15) is 69.2 Å². The predicted octanol–water partition coefficient (Wildman–Crippen LogP) is 3.42. The molecule has 2 atom stereocenters. The topological polar surface area (TPSA) is 139 Å². The molecule has 1 aromatic carbocycles. The number of rotatable bonds is 6. The molecule has 34 heavy (non-hydrogen) atoms. The van der Waals surface area contributed by atoms with Crippen molar-refractivity contribution in [2.45, 2.75) is 38.9 Å². The molecule has 176 valence electrons. The lowest BCUT2D eigenvalue weighted by Gasteiger charge is -2.24. The number of hydrogen-bond acceptors (Lipinski definition) is 9. The van der Waals surface area contributed by atoms with Crippen LogP contribution in [0.25, 0.3) is 0 Å². The van der Waals surface area contributed by atoms with E-state index in [1.54, 1.807) is 25.3 Å². The van der Waals surface area contributed by atoms with Crippen molar-refractivity contribution in [1.82, 2.24) is 9.97 Å². The molecule has 3 aromatic rings. The third-order valence-electron chi connectivity index (χ3n) is 6.08. The number of nitrogens with zero attached hydrogens (tertiary/aromatic N) is 2. The van der Waals surface area contributed by atoms with Crippen LogP contribution < -0.4 is 0 Å². The van der Waals surface area contributed by atoms with E-state index in [1.807, 2.05) is 0 Å². The van der Waals surface area contributed by atoms with E-state index in [4.69, 9.17) is 9.47 Å². The Labute approximate surface area is 195 Å². The SMILES string of the molecule is COC(=O)C[C@H](c1ccncc1)c1c(O)c(C(C)=O)cc([C@H]2OCc3cnc(C)c(O)c32)c1O. The molecule has 4 rings (SSSR count).